The molecule has 2 bridgehead atoms. The van der Waals surface area contributed by atoms with Crippen molar-refractivity contribution in [3.05, 3.63) is 72.8 Å². The second-order valence-corrected chi connectivity index (χ2v) is 7.20. The highest BCUT2D eigenvalue weighted by Gasteiger charge is 2.55. The Hall–Kier alpha value is -3.08. The number of likely N-dealkylation sites (tertiary alicyclic amines) is 1. The maximum absolute atomic E-state index is 13.3. The van der Waals surface area contributed by atoms with Crippen molar-refractivity contribution in [1.82, 2.24) is 4.90 Å². The molecular weight excluding hydrogens is 340 g/mol. The first-order valence-corrected chi connectivity index (χ1v) is 9.10. The number of hydrogen-bond acceptors (Lipinski definition) is 3. The van der Waals surface area contributed by atoms with Gasteiger partial charge in [-0.25, -0.2) is 0 Å². The number of fused-ring (bicyclic) bond motifs is 4. The number of amides is 2. The molecule has 3 atom stereocenters. The molecule has 27 heavy (non-hydrogen) atoms. The maximum Gasteiger partial charge on any atom is 0.239 e. The Labute approximate surface area is 158 Å². The Balaban J connectivity index is 1.75. The SMILES string of the molecule is C=CCN1C(=O)[C@@H](C(=O)Nc2ccccc2)[C@H]2C[C@@]1(C)Oc1ccccc12. The number of hydrogen-bond donors (Lipinski definition) is 1. The molecule has 2 heterocycles. The zero-order valence-electron chi connectivity index (χ0n) is 15.2. The second kappa shape index (κ2) is 6.58. The Morgan fingerprint density at radius 3 is 2.70 bits per heavy atom. The number of anilines is 1. The van der Waals surface area contributed by atoms with E-state index in [4.69, 9.17) is 4.74 Å². The largest absolute Gasteiger partial charge is 0.468 e. The van der Waals surface area contributed by atoms with E-state index in [2.05, 4.69) is 11.9 Å². The second-order valence-electron chi connectivity index (χ2n) is 7.20. The minimum atomic E-state index is -0.803. The van der Waals surface area contributed by atoms with E-state index in [1.54, 1.807) is 11.0 Å². The Bertz CT molecular complexity index is 895. The Kier molecular flexibility index (Phi) is 4.22. The van der Waals surface area contributed by atoms with Crippen molar-refractivity contribution < 1.29 is 14.3 Å². The highest BCUT2D eigenvalue weighted by Crippen LogP contribution is 2.50. The third-order valence-electron chi connectivity index (χ3n) is 5.39. The van der Waals surface area contributed by atoms with Crippen LogP contribution in [0.25, 0.3) is 0 Å². The molecule has 2 amide bonds. The first-order valence-electron chi connectivity index (χ1n) is 9.10. The fourth-order valence-electron chi connectivity index (χ4n) is 4.16. The summed E-state index contributed by atoms with van der Waals surface area (Å²) < 4.78 is 6.20. The summed E-state index contributed by atoms with van der Waals surface area (Å²) >= 11 is 0. The average molecular weight is 362 g/mol. The zero-order chi connectivity index (χ0) is 19.0. The molecule has 0 aromatic heterocycles. The van der Waals surface area contributed by atoms with Gasteiger partial charge in [-0.2, -0.15) is 0 Å². The van der Waals surface area contributed by atoms with Gasteiger partial charge in [-0.1, -0.05) is 42.5 Å². The summed E-state index contributed by atoms with van der Waals surface area (Å²) in [7, 11) is 0. The molecule has 1 fully saturated rings. The van der Waals surface area contributed by atoms with Gasteiger partial charge in [-0.15, -0.1) is 6.58 Å². The van der Waals surface area contributed by atoms with E-state index in [1.165, 1.54) is 0 Å². The number of para-hydroxylation sites is 2. The summed E-state index contributed by atoms with van der Waals surface area (Å²) in [5, 5.41) is 2.90. The van der Waals surface area contributed by atoms with E-state index in [0.717, 1.165) is 11.3 Å². The monoisotopic (exact) mass is 362 g/mol. The number of nitrogens with one attached hydrogen (secondary N) is 1. The summed E-state index contributed by atoms with van der Waals surface area (Å²) in [6.07, 6.45) is 2.23. The van der Waals surface area contributed by atoms with Crippen LogP contribution < -0.4 is 10.1 Å². The minimum absolute atomic E-state index is 0.225. The van der Waals surface area contributed by atoms with Crippen LogP contribution in [0.4, 0.5) is 5.69 Å². The molecule has 5 nitrogen and oxygen atoms in total. The molecule has 0 radical (unpaired) electrons. The smallest absolute Gasteiger partial charge is 0.239 e. The van der Waals surface area contributed by atoms with Gasteiger partial charge in [0.1, 0.15) is 11.7 Å². The lowest BCUT2D eigenvalue weighted by molar-refractivity contribution is -0.173. The van der Waals surface area contributed by atoms with Crippen LogP contribution in [-0.2, 0) is 9.59 Å². The van der Waals surface area contributed by atoms with Crippen LogP contribution in [0.3, 0.4) is 0 Å². The van der Waals surface area contributed by atoms with E-state index in [1.807, 2.05) is 61.5 Å². The molecule has 0 unspecified atom stereocenters. The number of benzene rings is 2. The van der Waals surface area contributed by atoms with Crippen LogP contribution in [0.15, 0.2) is 67.3 Å². The number of carbonyl (C=O) groups excluding carboxylic acids is 2. The van der Waals surface area contributed by atoms with Gasteiger partial charge in [0, 0.05) is 24.6 Å². The lowest BCUT2D eigenvalue weighted by Crippen LogP contribution is -2.64. The summed E-state index contributed by atoms with van der Waals surface area (Å²) in [5.41, 5.74) is 0.808. The molecule has 1 N–H and O–H groups in total. The highest BCUT2D eigenvalue weighted by molar-refractivity contribution is 6.08. The third-order valence-corrected chi connectivity index (χ3v) is 5.39. The molecular formula is C22H22N2O3. The van der Waals surface area contributed by atoms with Crippen LogP contribution in [0.5, 0.6) is 5.75 Å². The topological polar surface area (TPSA) is 58.6 Å². The molecule has 2 aliphatic heterocycles. The first kappa shape index (κ1) is 17.3. The number of nitrogens with zero attached hydrogens (tertiary/aromatic N) is 1. The van der Waals surface area contributed by atoms with Gasteiger partial charge >= 0.3 is 0 Å². The zero-order valence-corrected chi connectivity index (χ0v) is 15.2. The predicted molar refractivity (Wildman–Crippen MR) is 103 cm³/mol. The van der Waals surface area contributed by atoms with Gasteiger partial charge in [-0.05, 0) is 30.7 Å². The fourth-order valence-corrected chi connectivity index (χ4v) is 4.16. The predicted octanol–water partition coefficient (Wildman–Crippen LogP) is 3.55. The van der Waals surface area contributed by atoms with Crippen LogP contribution in [0, 0.1) is 5.92 Å². The molecule has 4 rings (SSSR count). The first-order chi connectivity index (χ1) is 13.0. The van der Waals surface area contributed by atoms with E-state index < -0.39 is 11.6 Å². The molecule has 0 saturated carbocycles. The normalized spacial score (nSPS) is 26.0. The van der Waals surface area contributed by atoms with Crippen molar-refractivity contribution in [1.29, 1.82) is 0 Å². The minimum Gasteiger partial charge on any atom is -0.468 e. The lowest BCUT2D eigenvalue weighted by Gasteiger charge is -2.52. The van der Waals surface area contributed by atoms with Crippen molar-refractivity contribution in [3.8, 4) is 5.75 Å². The quantitative estimate of drug-likeness (QED) is 0.668. The summed E-state index contributed by atoms with van der Waals surface area (Å²) in [6.45, 7) is 6.00. The molecule has 2 aliphatic rings. The lowest BCUT2D eigenvalue weighted by atomic mass is 9.73. The number of carbonyl (C=O) groups is 2. The molecule has 1 saturated heterocycles. The Morgan fingerprint density at radius 1 is 1.26 bits per heavy atom. The average Bonchev–Trinajstić information content (AvgIpc) is 2.66. The van der Waals surface area contributed by atoms with Crippen LogP contribution in [-0.4, -0.2) is 29.0 Å². The number of rotatable bonds is 4. The van der Waals surface area contributed by atoms with Crippen molar-refractivity contribution in [2.45, 2.75) is 25.0 Å². The summed E-state index contributed by atoms with van der Waals surface area (Å²) in [4.78, 5) is 28.1. The van der Waals surface area contributed by atoms with E-state index in [0.29, 0.717) is 18.7 Å². The molecule has 0 aliphatic carbocycles. The molecule has 5 heteroatoms. The van der Waals surface area contributed by atoms with E-state index >= 15 is 0 Å². The van der Waals surface area contributed by atoms with Crippen LogP contribution in [0.1, 0.15) is 24.8 Å². The molecule has 0 spiro atoms. The highest BCUT2D eigenvalue weighted by atomic mass is 16.5. The molecule has 2 aromatic carbocycles. The molecule has 2 aromatic rings. The molecule has 138 valence electrons. The number of piperidine rings is 1. The van der Waals surface area contributed by atoms with Crippen molar-refractivity contribution >= 4 is 17.5 Å². The van der Waals surface area contributed by atoms with Crippen LogP contribution >= 0.6 is 0 Å². The van der Waals surface area contributed by atoms with Gasteiger partial charge in [0.25, 0.3) is 0 Å². The van der Waals surface area contributed by atoms with Gasteiger partial charge < -0.3 is 15.0 Å². The Morgan fingerprint density at radius 2 is 1.96 bits per heavy atom. The van der Waals surface area contributed by atoms with Gasteiger partial charge in [0.15, 0.2) is 5.72 Å². The fraction of sp³-hybridized carbons (Fsp3) is 0.273. The standard InChI is InChI=1S/C22H22N2O3/c1-3-13-24-21(26)19(20(25)23-15-9-5-4-6-10-15)17-14-22(24,2)27-18-12-8-7-11-16(17)18/h3-12,17,19H,1,13-14H2,2H3,(H,23,25)/t17-,19+,22+/m0/s1. The van der Waals surface area contributed by atoms with Gasteiger partial charge in [0.2, 0.25) is 11.8 Å². The summed E-state index contributed by atoms with van der Waals surface area (Å²) in [5.74, 6) is -0.809. The van der Waals surface area contributed by atoms with Crippen LogP contribution in [0.2, 0.25) is 0 Å². The summed E-state index contributed by atoms with van der Waals surface area (Å²) in [6, 6.07) is 16.9. The van der Waals surface area contributed by atoms with Gasteiger partial charge in [-0.3, -0.25) is 9.59 Å². The van der Waals surface area contributed by atoms with Crippen molar-refractivity contribution in [2.24, 2.45) is 5.92 Å². The van der Waals surface area contributed by atoms with E-state index in [-0.39, 0.29) is 17.7 Å². The third kappa shape index (κ3) is 2.89. The van der Waals surface area contributed by atoms with Crippen molar-refractivity contribution in [2.75, 3.05) is 11.9 Å². The number of ether oxygens (including phenoxy) is 1. The van der Waals surface area contributed by atoms with E-state index in [9.17, 15) is 9.59 Å². The van der Waals surface area contributed by atoms with Crippen molar-refractivity contribution in [3.63, 3.8) is 0 Å². The maximum atomic E-state index is 13.3. The van der Waals surface area contributed by atoms with Gasteiger partial charge in [0.05, 0.1) is 0 Å².